The Hall–Kier alpha value is -2.36. The molecule has 0 fully saturated rings. The normalized spacial score (nSPS) is 12.4. The molecule has 0 aliphatic rings. The lowest BCUT2D eigenvalue weighted by molar-refractivity contribution is -0.148. The number of unbranched alkanes of at least 4 members (excludes halogenated alkanes) is 22. The molecule has 49 heavy (non-hydrogen) atoms. The average Bonchev–Trinajstić information content (AvgIpc) is 3.07. The van der Waals surface area contributed by atoms with Crippen molar-refractivity contribution in [3.8, 4) is 0 Å². The first-order valence-corrected chi connectivity index (χ1v) is 20.2. The second-order valence-electron chi connectivity index (χ2n) is 13.8. The number of nitrogens with one attached hydrogen (secondary N) is 1. The van der Waals surface area contributed by atoms with Gasteiger partial charge in [-0.2, -0.15) is 0 Å². The molecular weight excluding hydrogens is 620 g/mol. The van der Waals surface area contributed by atoms with Crippen LogP contribution in [0.4, 0.5) is 0 Å². The molecule has 1 unspecified atom stereocenters. The van der Waals surface area contributed by atoms with Crippen LogP contribution in [0.5, 0.6) is 0 Å². The van der Waals surface area contributed by atoms with Gasteiger partial charge < -0.3 is 26.0 Å². The van der Waals surface area contributed by atoms with Gasteiger partial charge in [-0.1, -0.05) is 155 Å². The van der Waals surface area contributed by atoms with Crippen molar-refractivity contribution in [3.05, 3.63) is 0 Å². The van der Waals surface area contributed by atoms with Crippen LogP contribution in [-0.2, 0) is 23.9 Å². The highest BCUT2D eigenvalue weighted by Gasteiger charge is 2.28. The van der Waals surface area contributed by atoms with Crippen LogP contribution in [0.1, 0.15) is 194 Å². The summed E-state index contributed by atoms with van der Waals surface area (Å²) in [7, 11) is 0. The number of aliphatic carboxylic acids is 1. The Kier molecular flexibility index (Phi) is 33.8. The van der Waals surface area contributed by atoms with Crippen molar-refractivity contribution in [1.29, 1.82) is 0 Å². The summed E-state index contributed by atoms with van der Waals surface area (Å²) in [5.74, 6) is -2.06. The number of guanidine groups is 1. The predicted octanol–water partition coefficient (Wildman–Crippen LogP) is 8.72. The van der Waals surface area contributed by atoms with E-state index in [1.807, 2.05) is 0 Å². The van der Waals surface area contributed by atoms with Crippen LogP contribution in [0.25, 0.3) is 0 Å². The molecule has 10 nitrogen and oxygen atoms in total. The van der Waals surface area contributed by atoms with Gasteiger partial charge in [-0.25, -0.2) is 0 Å². The topological polar surface area (TPSA) is 166 Å². The van der Waals surface area contributed by atoms with Gasteiger partial charge in [0.1, 0.15) is 12.1 Å². The van der Waals surface area contributed by atoms with Gasteiger partial charge in [0.25, 0.3) is 0 Å². The molecule has 0 aromatic rings. The minimum atomic E-state index is -1.09. The summed E-state index contributed by atoms with van der Waals surface area (Å²) in [4.78, 5) is 41.4. The lowest BCUT2D eigenvalue weighted by Crippen LogP contribution is -2.48. The Morgan fingerprint density at radius 2 is 0.980 bits per heavy atom. The lowest BCUT2D eigenvalue weighted by atomic mass is 10.1. The van der Waals surface area contributed by atoms with Gasteiger partial charge in [0.2, 0.25) is 0 Å². The van der Waals surface area contributed by atoms with E-state index in [0.29, 0.717) is 13.0 Å². The summed E-state index contributed by atoms with van der Waals surface area (Å²) in [6, 6.07) is -1.93. The van der Waals surface area contributed by atoms with E-state index in [1.54, 1.807) is 0 Å². The molecule has 0 bridgehead atoms. The molecule has 0 aromatic carbocycles. The van der Waals surface area contributed by atoms with Crippen molar-refractivity contribution in [1.82, 2.24) is 5.32 Å². The summed E-state index contributed by atoms with van der Waals surface area (Å²) in [6.07, 6.45) is 30.1. The minimum absolute atomic E-state index is 0.00393. The molecule has 6 N–H and O–H groups in total. The van der Waals surface area contributed by atoms with E-state index in [0.717, 1.165) is 38.5 Å². The lowest BCUT2D eigenvalue weighted by Gasteiger charge is -2.22. The standard InChI is InChI=1S/C39H76N4O6/c1-3-5-7-9-11-13-15-17-19-21-23-25-32-48-36(44)30-29-35(43-34(37(45)46)28-27-31-42-39(40)41)38(47)49-33-26-24-22-20-18-16-14-12-10-8-6-4-2/h34-35,43H,3-33H2,1-2H3,(H,45,46)(H4,40,41,42)/t34-,35?/m0/s1. The van der Waals surface area contributed by atoms with Gasteiger partial charge in [0.05, 0.1) is 13.2 Å². The average molecular weight is 697 g/mol. The molecule has 0 heterocycles. The zero-order valence-corrected chi connectivity index (χ0v) is 31.7. The zero-order chi connectivity index (χ0) is 36.2. The molecule has 0 aromatic heterocycles. The van der Waals surface area contributed by atoms with Crippen molar-refractivity contribution in [3.63, 3.8) is 0 Å². The summed E-state index contributed by atoms with van der Waals surface area (Å²) < 4.78 is 11.0. The molecule has 0 rings (SSSR count). The van der Waals surface area contributed by atoms with Crippen LogP contribution in [-0.4, -0.2) is 60.8 Å². The molecule has 10 heteroatoms. The first kappa shape index (κ1) is 46.6. The number of aliphatic imine (C=N–C) groups is 1. The van der Waals surface area contributed by atoms with E-state index in [1.165, 1.54) is 116 Å². The number of hydrogen-bond donors (Lipinski definition) is 4. The highest BCUT2D eigenvalue weighted by Crippen LogP contribution is 2.14. The third-order valence-corrected chi connectivity index (χ3v) is 9.07. The van der Waals surface area contributed by atoms with E-state index >= 15 is 0 Å². The fourth-order valence-electron chi connectivity index (χ4n) is 5.97. The van der Waals surface area contributed by atoms with Gasteiger partial charge in [-0.15, -0.1) is 0 Å². The molecule has 2 atom stereocenters. The van der Waals surface area contributed by atoms with Crippen molar-refractivity contribution in [2.45, 2.75) is 206 Å². The molecule has 0 aliphatic carbocycles. The molecule has 0 amide bonds. The monoisotopic (exact) mass is 697 g/mol. The smallest absolute Gasteiger partial charge is 0.323 e. The Morgan fingerprint density at radius 1 is 0.571 bits per heavy atom. The third kappa shape index (κ3) is 32.6. The molecule has 0 aliphatic heterocycles. The maximum absolute atomic E-state index is 13.0. The van der Waals surface area contributed by atoms with Gasteiger partial charge in [0, 0.05) is 13.0 Å². The van der Waals surface area contributed by atoms with Gasteiger partial charge in [0.15, 0.2) is 5.96 Å². The number of rotatable bonds is 37. The number of carboxylic acid groups (broad SMARTS) is 1. The number of carboxylic acids is 1. The molecule has 288 valence electrons. The maximum atomic E-state index is 13.0. The van der Waals surface area contributed by atoms with Gasteiger partial charge in [-0.05, 0) is 32.1 Å². The number of ether oxygens (including phenoxy) is 2. The number of hydrogen-bond acceptors (Lipinski definition) is 7. The third-order valence-electron chi connectivity index (χ3n) is 9.07. The van der Waals surface area contributed by atoms with E-state index in [9.17, 15) is 19.5 Å². The quantitative estimate of drug-likeness (QED) is 0.0215. The molecule has 0 radical (unpaired) electrons. The molecular formula is C39H76N4O6. The fourth-order valence-corrected chi connectivity index (χ4v) is 5.97. The number of nitrogens with two attached hydrogens (primary N) is 2. The van der Waals surface area contributed by atoms with Crippen molar-refractivity contribution in [2.75, 3.05) is 19.8 Å². The first-order chi connectivity index (χ1) is 23.8. The van der Waals surface area contributed by atoms with Crippen LogP contribution in [0.15, 0.2) is 4.99 Å². The minimum Gasteiger partial charge on any atom is -0.480 e. The second kappa shape index (κ2) is 35.5. The van der Waals surface area contributed by atoms with E-state index in [2.05, 4.69) is 24.2 Å². The summed E-state index contributed by atoms with van der Waals surface area (Å²) in [5, 5.41) is 12.7. The van der Waals surface area contributed by atoms with Gasteiger partial charge in [-0.3, -0.25) is 24.7 Å². The summed E-state index contributed by atoms with van der Waals surface area (Å²) in [5.41, 5.74) is 10.7. The van der Waals surface area contributed by atoms with Crippen molar-refractivity contribution in [2.24, 2.45) is 16.5 Å². The number of carbonyl (C=O) groups is 3. The maximum Gasteiger partial charge on any atom is 0.323 e. The Balaban J connectivity index is 4.47. The zero-order valence-electron chi connectivity index (χ0n) is 31.7. The van der Waals surface area contributed by atoms with E-state index in [4.69, 9.17) is 20.9 Å². The number of nitrogens with zero attached hydrogens (tertiary/aromatic N) is 1. The second-order valence-corrected chi connectivity index (χ2v) is 13.8. The number of carbonyl (C=O) groups excluding carboxylic acids is 2. The summed E-state index contributed by atoms with van der Waals surface area (Å²) >= 11 is 0. The SMILES string of the molecule is CCCCCCCCCCCCCCOC(=O)CCC(N[C@@H](CCCN=C(N)N)C(=O)O)C(=O)OCCCCCCCCCCCCCC. The predicted molar refractivity (Wildman–Crippen MR) is 202 cm³/mol. The first-order valence-electron chi connectivity index (χ1n) is 20.2. The Bertz CT molecular complexity index is 821. The van der Waals surface area contributed by atoms with Crippen LogP contribution < -0.4 is 16.8 Å². The highest BCUT2D eigenvalue weighted by atomic mass is 16.5. The van der Waals surface area contributed by atoms with E-state index in [-0.39, 0.29) is 44.3 Å². The van der Waals surface area contributed by atoms with Crippen molar-refractivity contribution < 1.29 is 29.0 Å². The molecule has 0 spiro atoms. The van der Waals surface area contributed by atoms with Crippen LogP contribution >= 0.6 is 0 Å². The van der Waals surface area contributed by atoms with Crippen LogP contribution in [0, 0.1) is 0 Å². The molecule has 0 saturated carbocycles. The highest BCUT2D eigenvalue weighted by molar-refractivity contribution is 5.79. The fraction of sp³-hybridized carbons (Fsp3) is 0.897. The largest absolute Gasteiger partial charge is 0.480 e. The van der Waals surface area contributed by atoms with Crippen LogP contribution in [0.2, 0.25) is 0 Å². The summed E-state index contributed by atoms with van der Waals surface area (Å²) in [6.45, 7) is 5.41. The van der Waals surface area contributed by atoms with Crippen molar-refractivity contribution >= 4 is 23.9 Å². The van der Waals surface area contributed by atoms with Gasteiger partial charge >= 0.3 is 17.9 Å². The molecule has 0 saturated heterocycles. The van der Waals surface area contributed by atoms with Crippen LogP contribution in [0.3, 0.4) is 0 Å². The Morgan fingerprint density at radius 3 is 1.39 bits per heavy atom. The Labute approximate surface area is 299 Å². The number of esters is 2. The van der Waals surface area contributed by atoms with E-state index < -0.39 is 24.0 Å².